The van der Waals surface area contributed by atoms with Crippen molar-refractivity contribution in [2.45, 2.75) is 0 Å². The van der Waals surface area contributed by atoms with E-state index in [9.17, 15) is 0 Å². The van der Waals surface area contributed by atoms with E-state index in [-0.39, 0.29) is 0 Å². The predicted molar refractivity (Wildman–Crippen MR) is 26.5 cm³/mol. The van der Waals surface area contributed by atoms with Gasteiger partial charge in [0.05, 0.1) is 0 Å². The van der Waals surface area contributed by atoms with Crippen LogP contribution >= 0.6 is 0 Å². The van der Waals surface area contributed by atoms with Gasteiger partial charge in [-0.3, -0.25) is 4.66 Å². The summed E-state index contributed by atoms with van der Waals surface area (Å²) in [7, 11) is 0.591. The van der Waals surface area contributed by atoms with E-state index < -0.39 is 0 Å². The standard InChI is InChI=1S/CH3NOSi.CHNO/c3-1-2-4;2-1-3/h4H3;2H. The molecule has 0 bridgehead atoms. The molecule has 0 radical (unpaired) electrons. The van der Waals surface area contributed by atoms with E-state index in [1.165, 1.54) is 6.08 Å². The van der Waals surface area contributed by atoms with Gasteiger partial charge in [0, 0.05) is 0 Å². The lowest BCUT2D eigenvalue weighted by Crippen LogP contribution is -1.43. The Morgan fingerprint density at radius 1 is 1.57 bits per heavy atom. The molecular weight excluding hydrogens is 112 g/mol. The van der Waals surface area contributed by atoms with Gasteiger partial charge in [0.1, 0.15) is 0 Å². The Balaban J connectivity index is 0. The van der Waals surface area contributed by atoms with E-state index >= 15 is 0 Å². The van der Waals surface area contributed by atoms with Crippen LogP contribution in [0, 0.1) is 5.41 Å². The predicted octanol–water partition coefficient (Wildman–Crippen LogP) is -1.50. The molecule has 0 spiro atoms. The number of isocyanates is 2. The summed E-state index contributed by atoms with van der Waals surface area (Å²) in [6.07, 6.45) is 2.12. The van der Waals surface area contributed by atoms with Gasteiger partial charge in [-0.15, -0.1) is 0 Å². The van der Waals surface area contributed by atoms with Crippen molar-refractivity contribution in [3.63, 3.8) is 0 Å². The van der Waals surface area contributed by atoms with E-state index in [4.69, 9.17) is 15.0 Å². The molecule has 0 unspecified atom stereocenters. The summed E-state index contributed by atoms with van der Waals surface area (Å²) < 4.78 is 3.07. The highest BCUT2D eigenvalue weighted by molar-refractivity contribution is 6.07. The summed E-state index contributed by atoms with van der Waals surface area (Å²) in [6, 6.07) is 0. The van der Waals surface area contributed by atoms with Gasteiger partial charge in [0.25, 0.3) is 0 Å². The summed E-state index contributed by atoms with van der Waals surface area (Å²) in [4.78, 5) is 17.3. The molecule has 0 fully saturated rings. The fourth-order valence-corrected chi connectivity index (χ4v) is 0. The van der Waals surface area contributed by atoms with Gasteiger partial charge in [-0.25, -0.2) is 15.0 Å². The minimum Gasteiger partial charge on any atom is -0.260 e. The molecule has 38 valence electrons. The first-order valence-corrected chi connectivity index (χ1v) is 2.22. The summed E-state index contributed by atoms with van der Waals surface area (Å²) in [5.41, 5.74) is 0. The van der Waals surface area contributed by atoms with Crippen molar-refractivity contribution in [3.8, 4) is 0 Å². The van der Waals surface area contributed by atoms with Crippen molar-refractivity contribution in [2.75, 3.05) is 0 Å². The highest BCUT2D eigenvalue weighted by Gasteiger charge is 1.29. The minimum atomic E-state index is 0.591. The maximum Gasteiger partial charge on any atom is 0.231 e. The molecule has 0 atom stereocenters. The molecule has 4 nitrogen and oxygen atoms in total. The van der Waals surface area contributed by atoms with Crippen molar-refractivity contribution < 1.29 is 9.59 Å². The topological polar surface area (TPSA) is 70.3 Å². The summed E-state index contributed by atoms with van der Waals surface area (Å²) in [6.45, 7) is 0. The second kappa shape index (κ2) is 20.1. The smallest absolute Gasteiger partial charge is 0.231 e. The van der Waals surface area contributed by atoms with Crippen LogP contribution in [0.25, 0.3) is 0 Å². The number of nitrogens with one attached hydrogen (secondary N) is 1. The molecule has 0 saturated carbocycles. The summed E-state index contributed by atoms with van der Waals surface area (Å²) in [5.74, 6) is 0. The average molecular weight is 116 g/mol. The molecular formula is C2H4N2O2Si. The van der Waals surface area contributed by atoms with Crippen LogP contribution in [-0.2, 0) is 9.59 Å². The third kappa shape index (κ3) is 82500. The van der Waals surface area contributed by atoms with E-state index in [0.717, 1.165) is 6.08 Å². The van der Waals surface area contributed by atoms with Crippen molar-refractivity contribution >= 4 is 22.6 Å². The molecule has 0 aromatic carbocycles. The number of hydrogen-bond acceptors (Lipinski definition) is 4. The number of carbonyl (C=O) groups excluding carboxylic acids is 2. The molecule has 5 heteroatoms. The van der Waals surface area contributed by atoms with Gasteiger partial charge >= 0.3 is 0 Å². The van der Waals surface area contributed by atoms with Gasteiger partial charge in [-0.2, -0.15) is 0 Å². The first-order valence-electron chi connectivity index (χ1n) is 1.33. The lowest BCUT2D eigenvalue weighted by Gasteiger charge is -1.36. The largest absolute Gasteiger partial charge is 0.260 e. The quantitative estimate of drug-likeness (QED) is 0.238. The Labute approximate surface area is 43.3 Å². The maximum absolute atomic E-state index is 8.92. The van der Waals surface area contributed by atoms with Gasteiger partial charge in [-0.1, -0.05) is 0 Å². The monoisotopic (exact) mass is 116 g/mol. The molecule has 0 aromatic rings. The van der Waals surface area contributed by atoms with Crippen LogP contribution in [0.4, 0.5) is 0 Å². The second-order valence-electron chi connectivity index (χ2n) is 0.417. The number of hydrogen-bond donors (Lipinski definition) is 1. The Kier molecular flexibility index (Phi) is 26.9. The summed E-state index contributed by atoms with van der Waals surface area (Å²) >= 11 is 0. The van der Waals surface area contributed by atoms with Crippen LogP contribution in [0.2, 0.25) is 0 Å². The van der Waals surface area contributed by atoms with Crippen LogP contribution in [0.3, 0.4) is 0 Å². The molecule has 0 rings (SSSR count). The van der Waals surface area contributed by atoms with Gasteiger partial charge in [0.2, 0.25) is 12.2 Å². The van der Waals surface area contributed by atoms with Gasteiger partial charge < -0.3 is 0 Å². The van der Waals surface area contributed by atoms with Crippen molar-refractivity contribution in [3.05, 3.63) is 0 Å². The molecule has 0 aliphatic carbocycles. The first kappa shape index (κ1) is 9.36. The molecule has 1 N–H and O–H groups in total. The van der Waals surface area contributed by atoms with Crippen LogP contribution in [0.5, 0.6) is 0 Å². The zero-order valence-electron chi connectivity index (χ0n) is 3.76. The van der Waals surface area contributed by atoms with Crippen molar-refractivity contribution in [2.24, 2.45) is 4.66 Å². The number of rotatable bonds is 0. The maximum atomic E-state index is 8.92. The van der Waals surface area contributed by atoms with Crippen molar-refractivity contribution in [1.82, 2.24) is 0 Å². The Hall–Kier alpha value is -1.02. The molecule has 0 aliphatic heterocycles. The fourth-order valence-electron chi connectivity index (χ4n) is 0. The zero-order chi connectivity index (χ0) is 6.12. The second-order valence-corrected chi connectivity index (χ2v) is 0.864. The molecule has 0 amide bonds. The van der Waals surface area contributed by atoms with Gasteiger partial charge in [-0.05, 0) is 0 Å². The Bertz CT molecular complexity index is 100. The van der Waals surface area contributed by atoms with Crippen LogP contribution in [0.15, 0.2) is 4.66 Å². The lowest BCUT2D eigenvalue weighted by atomic mass is 11.7. The molecule has 0 aliphatic rings. The van der Waals surface area contributed by atoms with E-state index in [0.29, 0.717) is 10.4 Å². The fraction of sp³-hybridized carbons (Fsp3) is 0. The van der Waals surface area contributed by atoms with Crippen LogP contribution < -0.4 is 0 Å². The molecule has 0 aromatic heterocycles. The Morgan fingerprint density at radius 2 is 1.71 bits per heavy atom. The number of nitrogens with zero attached hydrogens (tertiary/aromatic N) is 1. The van der Waals surface area contributed by atoms with Crippen LogP contribution in [0.1, 0.15) is 0 Å². The molecule has 0 saturated heterocycles. The average Bonchev–Trinajstić information content (AvgIpc) is 1.69. The minimum absolute atomic E-state index is 0.591. The normalized spacial score (nSPS) is 4.00. The first-order chi connectivity index (χ1) is 3.33. The third-order valence-corrected chi connectivity index (χ3v) is 0.274. The van der Waals surface area contributed by atoms with Crippen LogP contribution in [-0.4, -0.2) is 22.6 Å². The van der Waals surface area contributed by atoms with E-state index in [2.05, 4.69) is 4.66 Å². The Morgan fingerprint density at radius 3 is 1.71 bits per heavy atom. The lowest BCUT2D eigenvalue weighted by molar-refractivity contribution is 0.562. The highest BCUT2D eigenvalue weighted by atomic mass is 28.2. The zero-order valence-corrected chi connectivity index (χ0v) is 5.76. The van der Waals surface area contributed by atoms with Gasteiger partial charge in [0.15, 0.2) is 10.4 Å². The van der Waals surface area contributed by atoms with E-state index in [1.807, 2.05) is 0 Å². The highest BCUT2D eigenvalue weighted by Crippen LogP contribution is 1.24. The molecule has 0 heterocycles. The summed E-state index contributed by atoms with van der Waals surface area (Å²) in [5, 5.41) is 5.40. The third-order valence-electron chi connectivity index (χ3n) is 0.0913. The SMILES string of the molecule is N=C=O.O=C=N[SiH3]. The molecule has 7 heavy (non-hydrogen) atoms. The van der Waals surface area contributed by atoms with Crippen molar-refractivity contribution in [1.29, 1.82) is 5.41 Å². The van der Waals surface area contributed by atoms with E-state index in [1.54, 1.807) is 0 Å².